The molecule has 1 heterocycles. The highest BCUT2D eigenvalue weighted by Crippen LogP contribution is 2.31. The van der Waals surface area contributed by atoms with Crippen molar-refractivity contribution in [3.63, 3.8) is 0 Å². The zero-order valence-corrected chi connectivity index (χ0v) is 13.0. The van der Waals surface area contributed by atoms with Gasteiger partial charge in [-0.3, -0.25) is 4.79 Å². The first-order chi connectivity index (χ1) is 9.52. The molecule has 0 saturated carbocycles. The molecule has 1 atom stereocenters. The van der Waals surface area contributed by atoms with E-state index in [1.54, 1.807) is 13.2 Å². The highest BCUT2D eigenvalue weighted by molar-refractivity contribution is 9.10. The van der Waals surface area contributed by atoms with Crippen molar-refractivity contribution in [2.45, 2.75) is 12.8 Å². The molecule has 6 heteroatoms. The number of methoxy groups -OCH3 is 1. The van der Waals surface area contributed by atoms with E-state index in [0.717, 1.165) is 25.9 Å². The molecular formula is C14H18BrFN2O2. The lowest BCUT2D eigenvalue weighted by Crippen LogP contribution is -2.38. The Morgan fingerprint density at radius 1 is 1.60 bits per heavy atom. The van der Waals surface area contributed by atoms with Gasteiger partial charge in [0.1, 0.15) is 5.82 Å². The first-order valence-electron chi connectivity index (χ1n) is 6.55. The Labute approximate surface area is 126 Å². The first-order valence-corrected chi connectivity index (χ1v) is 7.35. The third-order valence-corrected chi connectivity index (χ3v) is 4.00. The topological polar surface area (TPSA) is 55.6 Å². The number of primary amides is 1. The van der Waals surface area contributed by atoms with Crippen LogP contribution in [0.1, 0.15) is 23.2 Å². The van der Waals surface area contributed by atoms with Gasteiger partial charge in [0.2, 0.25) is 0 Å². The van der Waals surface area contributed by atoms with Crippen LogP contribution in [0.15, 0.2) is 16.6 Å². The van der Waals surface area contributed by atoms with Crippen LogP contribution in [0, 0.1) is 11.7 Å². The van der Waals surface area contributed by atoms with Crippen LogP contribution in [-0.2, 0) is 4.74 Å². The second-order valence-corrected chi connectivity index (χ2v) is 5.97. The van der Waals surface area contributed by atoms with Gasteiger partial charge in [-0.05, 0) is 30.9 Å². The summed E-state index contributed by atoms with van der Waals surface area (Å²) in [5.41, 5.74) is 5.84. The molecule has 1 saturated heterocycles. The van der Waals surface area contributed by atoms with Crippen LogP contribution in [-0.4, -0.2) is 32.7 Å². The average Bonchev–Trinajstić information content (AvgIpc) is 2.38. The summed E-state index contributed by atoms with van der Waals surface area (Å²) in [7, 11) is 1.67. The van der Waals surface area contributed by atoms with Crippen molar-refractivity contribution in [1.82, 2.24) is 0 Å². The molecule has 4 nitrogen and oxygen atoms in total. The number of carbonyl (C=O) groups excluding carboxylic acids is 1. The average molecular weight is 345 g/mol. The third kappa shape index (κ3) is 3.30. The van der Waals surface area contributed by atoms with E-state index >= 15 is 0 Å². The summed E-state index contributed by atoms with van der Waals surface area (Å²) in [4.78, 5) is 13.5. The van der Waals surface area contributed by atoms with Crippen LogP contribution in [0.25, 0.3) is 0 Å². The van der Waals surface area contributed by atoms with Crippen LogP contribution in [0.4, 0.5) is 10.1 Å². The minimum absolute atomic E-state index is 0.0359. The molecule has 0 spiro atoms. The number of rotatable bonds is 4. The fourth-order valence-corrected chi connectivity index (χ4v) is 3.13. The Morgan fingerprint density at radius 3 is 3.00 bits per heavy atom. The maximum atomic E-state index is 14.0. The Balaban J connectivity index is 2.33. The highest BCUT2D eigenvalue weighted by Gasteiger charge is 2.25. The molecule has 2 N–H and O–H groups in total. The summed E-state index contributed by atoms with van der Waals surface area (Å²) in [5.74, 6) is -0.939. The standard InChI is InChI=1S/C14H18BrFN2O2/c1-20-8-9-3-2-4-18(7-9)12-6-10(15)5-11(16)13(12)14(17)19/h5-6,9H,2-4,7-8H2,1H3,(H2,17,19). The first kappa shape index (κ1) is 15.3. The normalized spacial score (nSPS) is 19.1. The monoisotopic (exact) mass is 344 g/mol. The number of halogens is 2. The van der Waals surface area contributed by atoms with Crippen molar-refractivity contribution >= 4 is 27.5 Å². The fraction of sp³-hybridized carbons (Fsp3) is 0.500. The summed E-state index contributed by atoms with van der Waals surface area (Å²) in [6.45, 7) is 2.19. The Bertz CT molecular complexity index is 508. The lowest BCUT2D eigenvalue weighted by molar-refractivity contribution is 0.0996. The number of nitrogens with two attached hydrogens (primary N) is 1. The quantitative estimate of drug-likeness (QED) is 0.913. The predicted octanol–water partition coefficient (Wildman–Crippen LogP) is 2.55. The molecule has 1 aromatic carbocycles. The molecule has 20 heavy (non-hydrogen) atoms. The highest BCUT2D eigenvalue weighted by atomic mass is 79.9. The maximum absolute atomic E-state index is 14.0. The van der Waals surface area contributed by atoms with Gasteiger partial charge in [-0.1, -0.05) is 15.9 Å². The smallest absolute Gasteiger partial charge is 0.253 e. The summed E-state index contributed by atoms with van der Waals surface area (Å²) >= 11 is 3.27. The minimum atomic E-state index is -0.737. The largest absolute Gasteiger partial charge is 0.384 e. The molecular weight excluding hydrogens is 327 g/mol. The SMILES string of the molecule is COCC1CCCN(c2cc(Br)cc(F)c2C(N)=O)C1. The van der Waals surface area contributed by atoms with E-state index in [-0.39, 0.29) is 5.56 Å². The van der Waals surface area contributed by atoms with Gasteiger partial charge in [-0.2, -0.15) is 0 Å². The van der Waals surface area contributed by atoms with Crippen molar-refractivity contribution in [3.05, 3.63) is 28.0 Å². The van der Waals surface area contributed by atoms with Gasteiger partial charge in [0.05, 0.1) is 17.9 Å². The molecule has 0 radical (unpaired) electrons. The number of carbonyl (C=O) groups is 1. The second kappa shape index (κ2) is 6.54. The number of ether oxygens (including phenoxy) is 1. The molecule has 1 aliphatic rings. The van der Waals surface area contributed by atoms with E-state index in [1.807, 2.05) is 4.90 Å². The molecule has 1 fully saturated rings. The van der Waals surface area contributed by atoms with Crippen LogP contribution in [0.5, 0.6) is 0 Å². The molecule has 1 aromatic rings. The number of nitrogens with zero attached hydrogens (tertiary/aromatic N) is 1. The van der Waals surface area contributed by atoms with Crippen molar-refractivity contribution in [2.75, 3.05) is 31.7 Å². The number of amides is 1. The summed E-state index contributed by atoms with van der Waals surface area (Å²) in [6.07, 6.45) is 2.06. The van der Waals surface area contributed by atoms with E-state index in [1.165, 1.54) is 6.07 Å². The lowest BCUT2D eigenvalue weighted by atomic mass is 9.97. The van der Waals surface area contributed by atoms with Gasteiger partial charge in [0.25, 0.3) is 5.91 Å². The molecule has 0 aromatic heterocycles. The van der Waals surface area contributed by atoms with Gasteiger partial charge in [-0.25, -0.2) is 4.39 Å². The van der Waals surface area contributed by atoms with Gasteiger partial charge < -0.3 is 15.4 Å². The molecule has 0 aliphatic carbocycles. The van der Waals surface area contributed by atoms with E-state index < -0.39 is 11.7 Å². The molecule has 1 amide bonds. The third-order valence-electron chi connectivity index (χ3n) is 3.54. The molecule has 1 unspecified atom stereocenters. The lowest BCUT2D eigenvalue weighted by Gasteiger charge is -2.35. The minimum Gasteiger partial charge on any atom is -0.384 e. The van der Waals surface area contributed by atoms with Crippen LogP contribution >= 0.6 is 15.9 Å². The van der Waals surface area contributed by atoms with E-state index in [9.17, 15) is 9.18 Å². The number of hydrogen-bond donors (Lipinski definition) is 1. The number of hydrogen-bond acceptors (Lipinski definition) is 3. The van der Waals surface area contributed by atoms with Crippen LogP contribution < -0.4 is 10.6 Å². The molecule has 2 rings (SSSR count). The number of piperidine rings is 1. The number of benzene rings is 1. The van der Waals surface area contributed by atoms with Crippen molar-refractivity contribution < 1.29 is 13.9 Å². The summed E-state index contributed by atoms with van der Waals surface area (Å²) in [5, 5.41) is 0. The fourth-order valence-electron chi connectivity index (χ4n) is 2.71. The van der Waals surface area contributed by atoms with E-state index in [4.69, 9.17) is 10.5 Å². The predicted molar refractivity (Wildman–Crippen MR) is 79.4 cm³/mol. The molecule has 1 aliphatic heterocycles. The van der Waals surface area contributed by atoms with E-state index in [0.29, 0.717) is 22.7 Å². The molecule has 110 valence electrons. The van der Waals surface area contributed by atoms with E-state index in [2.05, 4.69) is 15.9 Å². The number of anilines is 1. The summed E-state index contributed by atoms with van der Waals surface area (Å²) < 4.78 is 19.8. The van der Waals surface area contributed by atoms with Crippen molar-refractivity contribution in [2.24, 2.45) is 11.7 Å². The Morgan fingerprint density at radius 2 is 2.35 bits per heavy atom. The summed E-state index contributed by atoms with van der Waals surface area (Å²) in [6, 6.07) is 3.01. The van der Waals surface area contributed by atoms with Crippen molar-refractivity contribution in [3.8, 4) is 0 Å². The Hall–Kier alpha value is -1.14. The zero-order chi connectivity index (χ0) is 14.7. The van der Waals surface area contributed by atoms with Crippen molar-refractivity contribution in [1.29, 1.82) is 0 Å². The molecule has 0 bridgehead atoms. The van der Waals surface area contributed by atoms with Gasteiger partial charge in [0.15, 0.2) is 0 Å². The van der Waals surface area contributed by atoms with Gasteiger partial charge >= 0.3 is 0 Å². The second-order valence-electron chi connectivity index (χ2n) is 5.06. The van der Waals surface area contributed by atoms with Crippen LogP contribution in [0.2, 0.25) is 0 Å². The van der Waals surface area contributed by atoms with Crippen LogP contribution in [0.3, 0.4) is 0 Å². The van der Waals surface area contributed by atoms with Gasteiger partial charge in [0, 0.05) is 24.7 Å². The maximum Gasteiger partial charge on any atom is 0.253 e. The zero-order valence-electron chi connectivity index (χ0n) is 11.4. The van der Waals surface area contributed by atoms with Gasteiger partial charge in [-0.15, -0.1) is 0 Å². The Kier molecular flexibility index (Phi) is 4.99.